The van der Waals surface area contributed by atoms with Crippen molar-refractivity contribution in [1.82, 2.24) is 4.57 Å². The molecule has 2 aromatic rings. The molecule has 1 heterocycles. The first-order chi connectivity index (χ1) is 11.3. The summed E-state index contributed by atoms with van der Waals surface area (Å²) in [5.41, 5.74) is -0.426. The zero-order valence-corrected chi connectivity index (χ0v) is 12.5. The zero-order chi connectivity index (χ0) is 17.9. The molecule has 1 amide bonds. The Hall–Kier alpha value is -3.56. The van der Waals surface area contributed by atoms with E-state index < -0.39 is 27.9 Å². The number of hydrogen-bond acceptors (Lipinski definition) is 6. The van der Waals surface area contributed by atoms with Crippen molar-refractivity contribution in [3.63, 3.8) is 0 Å². The second-order valence-electron chi connectivity index (χ2n) is 4.92. The number of amides is 1. The number of pyridine rings is 1. The summed E-state index contributed by atoms with van der Waals surface area (Å²) >= 11 is 0. The van der Waals surface area contributed by atoms with Crippen molar-refractivity contribution < 1.29 is 14.6 Å². The molecule has 1 N–H and O–H groups in total. The van der Waals surface area contributed by atoms with Crippen LogP contribution in [-0.4, -0.2) is 20.3 Å². The number of rotatable bonds is 5. The van der Waals surface area contributed by atoms with Gasteiger partial charge in [-0.25, -0.2) is 0 Å². The van der Waals surface area contributed by atoms with Gasteiger partial charge in [-0.15, -0.1) is 0 Å². The van der Waals surface area contributed by atoms with E-state index in [4.69, 9.17) is 0 Å². The van der Waals surface area contributed by atoms with Crippen molar-refractivity contribution in [3.8, 4) is 0 Å². The SMILES string of the molecule is Cc1cc(=O)n(CC(=O)Nc2ccc([N+](=O)[O-])cc2)cc1[N+](=O)[O-]. The van der Waals surface area contributed by atoms with Gasteiger partial charge in [-0.2, -0.15) is 0 Å². The molecule has 2 rings (SSSR count). The minimum absolute atomic E-state index is 0.127. The maximum atomic E-state index is 11.9. The Balaban J connectivity index is 2.15. The standard InChI is InChI=1S/C14H12N4O6/c1-9-6-14(20)16(7-12(9)18(23)24)8-13(19)15-10-2-4-11(5-3-10)17(21)22/h2-7H,8H2,1H3,(H,15,19). The first-order valence-electron chi connectivity index (χ1n) is 6.67. The van der Waals surface area contributed by atoms with E-state index in [-0.39, 0.29) is 16.9 Å². The number of carbonyl (C=O) groups excluding carboxylic acids is 1. The van der Waals surface area contributed by atoms with Crippen LogP contribution < -0.4 is 10.9 Å². The summed E-state index contributed by atoms with van der Waals surface area (Å²) in [4.78, 5) is 44.0. The van der Waals surface area contributed by atoms with Gasteiger partial charge in [0.25, 0.3) is 16.9 Å². The normalized spacial score (nSPS) is 10.2. The van der Waals surface area contributed by atoms with E-state index >= 15 is 0 Å². The number of nitrogens with zero attached hydrogens (tertiary/aromatic N) is 3. The van der Waals surface area contributed by atoms with Crippen LogP contribution in [0.15, 0.2) is 41.3 Å². The molecule has 0 atom stereocenters. The molecule has 24 heavy (non-hydrogen) atoms. The third-order valence-corrected chi connectivity index (χ3v) is 3.18. The van der Waals surface area contributed by atoms with Crippen LogP contribution in [0.3, 0.4) is 0 Å². The van der Waals surface area contributed by atoms with Gasteiger partial charge >= 0.3 is 0 Å². The van der Waals surface area contributed by atoms with Gasteiger partial charge < -0.3 is 5.32 Å². The molecule has 124 valence electrons. The van der Waals surface area contributed by atoms with Gasteiger partial charge in [0, 0.05) is 29.4 Å². The highest BCUT2D eigenvalue weighted by Gasteiger charge is 2.15. The van der Waals surface area contributed by atoms with Crippen molar-refractivity contribution >= 4 is 23.0 Å². The van der Waals surface area contributed by atoms with Crippen molar-refractivity contribution in [1.29, 1.82) is 0 Å². The average Bonchev–Trinajstić information content (AvgIpc) is 2.50. The number of nitro benzene ring substituents is 1. The lowest BCUT2D eigenvalue weighted by Gasteiger charge is -2.08. The molecule has 0 bridgehead atoms. The number of aryl methyl sites for hydroxylation is 1. The third kappa shape index (κ3) is 3.80. The monoisotopic (exact) mass is 332 g/mol. The first kappa shape index (κ1) is 16.8. The Bertz CT molecular complexity index is 872. The Morgan fingerprint density at radius 2 is 1.79 bits per heavy atom. The predicted octanol–water partition coefficient (Wildman–Crippen LogP) is 1.61. The summed E-state index contributed by atoms with van der Waals surface area (Å²) < 4.78 is 0.922. The van der Waals surface area contributed by atoms with Crippen LogP contribution in [0.25, 0.3) is 0 Å². The first-order valence-corrected chi connectivity index (χ1v) is 6.67. The molecule has 0 fully saturated rings. The quantitative estimate of drug-likeness (QED) is 0.652. The average molecular weight is 332 g/mol. The predicted molar refractivity (Wildman–Crippen MR) is 83.8 cm³/mol. The van der Waals surface area contributed by atoms with E-state index in [1.807, 2.05) is 0 Å². The highest BCUT2D eigenvalue weighted by molar-refractivity contribution is 5.90. The number of carbonyl (C=O) groups is 1. The molecule has 1 aromatic heterocycles. The van der Waals surface area contributed by atoms with E-state index in [0.717, 1.165) is 16.8 Å². The van der Waals surface area contributed by atoms with Gasteiger partial charge in [0.15, 0.2) is 0 Å². The largest absolute Gasteiger partial charge is 0.325 e. The van der Waals surface area contributed by atoms with Crippen LogP contribution in [-0.2, 0) is 11.3 Å². The minimum atomic E-state index is -0.639. The lowest BCUT2D eigenvalue weighted by molar-refractivity contribution is -0.385. The molecule has 0 saturated heterocycles. The van der Waals surface area contributed by atoms with Crippen LogP contribution in [0, 0.1) is 27.2 Å². The number of hydrogen-bond donors (Lipinski definition) is 1. The molecule has 1 aromatic carbocycles. The van der Waals surface area contributed by atoms with Crippen LogP contribution in [0.1, 0.15) is 5.56 Å². The summed E-state index contributed by atoms with van der Waals surface area (Å²) in [7, 11) is 0. The number of nitrogens with one attached hydrogen (secondary N) is 1. The summed E-state index contributed by atoms with van der Waals surface area (Å²) in [5, 5.41) is 23.9. The van der Waals surface area contributed by atoms with Crippen molar-refractivity contribution in [2.75, 3.05) is 5.32 Å². The number of non-ortho nitro benzene ring substituents is 1. The second-order valence-corrected chi connectivity index (χ2v) is 4.92. The molecule has 10 heteroatoms. The summed E-state index contributed by atoms with van der Waals surface area (Å²) in [6.07, 6.45) is 1.01. The van der Waals surface area contributed by atoms with Gasteiger partial charge in [-0.1, -0.05) is 0 Å². The van der Waals surface area contributed by atoms with E-state index in [1.165, 1.54) is 31.2 Å². The molecule has 0 aliphatic heterocycles. The Kier molecular flexibility index (Phi) is 4.68. The van der Waals surface area contributed by atoms with Crippen molar-refractivity contribution in [3.05, 3.63) is 72.7 Å². The topological polar surface area (TPSA) is 137 Å². The maximum absolute atomic E-state index is 11.9. The number of nitro groups is 2. The van der Waals surface area contributed by atoms with Crippen LogP contribution in [0.5, 0.6) is 0 Å². The summed E-state index contributed by atoms with van der Waals surface area (Å²) in [6, 6.07) is 6.21. The van der Waals surface area contributed by atoms with Crippen LogP contribution in [0.4, 0.5) is 17.1 Å². The summed E-state index contributed by atoms with van der Waals surface area (Å²) in [5.74, 6) is -0.593. The Morgan fingerprint density at radius 3 is 2.33 bits per heavy atom. The molecular weight excluding hydrogens is 320 g/mol. The second kappa shape index (κ2) is 6.69. The smallest absolute Gasteiger partial charge is 0.288 e. The van der Waals surface area contributed by atoms with E-state index in [9.17, 15) is 29.8 Å². The highest BCUT2D eigenvalue weighted by Crippen LogP contribution is 2.16. The van der Waals surface area contributed by atoms with Gasteiger partial charge in [0.05, 0.1) is 16.0 Å². The molecular formula is C14H12N4O6. The number of benzene rings is 1. The fourth-order valence-corrected chi connectivity index (χ4v) is 1.99. The van der Waals surface area contributed by atoms with Crippen LogP contribution >= 0.6 is 0 Å². The molecule has 0 radical (unpaired) electrons. The lowest BCUT2D eigenvalue weighted by Crippen LogP contribution is -2.27. The maximum Gasteiger partial charge on any atom is 0.288 e. The lowest BCUT2D eigenvalue weighted by atomic mass is 10.2. The molecule has 0 spiro atoms. The van der Waals surface area contributed by atoms with E-state index in [1.54, 1.807) is 0 Å². The number of anilines is 1. The van der Waals surface area contributed by atoms with Gasteiger partial charge in [-0.05, 0) is 19.1 Å². The van der Waals surface area contributed by atoms with E-state index in [0.29, 0.717) is 5.69 Å². The van der Waals surface area contributed by atoms with Crippen LogP contribution in [0.2, 0.25) is 0 Å². The van der Waals surface area contributed by atoms with Gasteiger partial charge in [0.2, 0.25) is 5.91 Å². The fraction of sp³-hybridized carbons (Fsp3) is 0.143. The Morgan fingerprint density at radius 1 is 1.17 bits per heavy atom. The molecule has 0 aliphatic carbocycles. The van der Waals surface area contributed by atoms with Crippen molar-refractivity contribution in [2.24, 2.45) is 0 Å². The molecule has 10 nitrogen and oxygen atoms in total. The zero-order valence-electron chi connectivity index (χ0n) is 12.5. The van der Waals surface area contributed by atoms with Crippen molar-refractivity contribution in [2.45, 2.75) is 13.5 Å². The Labute approximate surface area is 134 Å². The summed E-state index contributed by atoms with van der Waals surface area (Å²) in [6.45, 7) is 1.01. The fourth-order valence-electron chi connectivity index (χ4n) is 1.99. The van der Waals surface area contributed by atoms with Gasteiger partial charge in [0.1, 0.15) is 6.54 Å². The number of aromatic nitrogens is 1. The van der Waals surface area contributed by atoms with Gasteiger partial charge in [-0.3, -0.25) is 34.4 Å². The minimum Gasteiger partial charge on any atom is -0.325 e. The highest BCUT2D eigenvalue weighted by atomic mass is 16.6. The third-order valence-electron chi connectivity index (χ3n) is 3.18. The molecule has 0 unspecified atom stereocenters. The molecule has 0 saturated carbocycles. The molecule has 0 aliphatic rings. The van der Waals surface area contributed by atoms with E-state index in [2.05, 4.69) is 5.32 Å².